The van der Waals surface area contributed by atoms with E-state index in [9.17, 15) is 4.79 Å². The Labute approximate surface area is 102 Å². The molecule has 1 unspecified atom stereocenters. The summed E-state index contributed by atoms with van der Waals surface area (Å²) >= 11 is 0. The highest BCUT2D eigenvalue weighted by atomic mass is 16.5. The number of ether oxygens (including phenoxy) is 1. The Hall–Kier alpha value is -1.84. The first-order valence-corrected chi connectivity index (χ1v) is 5.60. The van der Waals surface area contributed by atoms with Crippen molar-refractivity contribution in [3.63, 3.8) is 0 Å². The van der Waals surface area contributed by atoms with Crippen molar-refractivity contribution < 1.29 is 9.53 Å². The number of nitrogens with one attached hydrogen (secondary N) is 1. The number of aromatic nitrogens is 1. The lowest BCUT2D eigenvalue weighted by molar-refractivity contribution is 0.0940. The zero-order valence-electron chi connectivity index (χ0n) is 10.4. The van der Waals surface area contributed by atoms with Crippen LogP contribution in [-0.4, -0.2) is 23.0 Å². The molecule has 1 aromatic rings. The molecule has 0 aliphatic carbocycles. The summed E-state index contributed by atoms with van der Waals surface area (Å²) in [6, 6.07) is 5.04. The van der Waals surface area contributed by atoms with E-state index in [4.69, 9.17) is 4.74 Å². The highest BCUT2D eigenvalue weighted by Crippen LogP contribution is 2.09. The molecule has 92 valence electrons. The van der Waals surface area contributed by atoms with Crippen LogP contribution in [0.3, 0.4) is 0 Å². The molecular weight excluding hydrogens is 216 g/mol. The Kier molecular flexibility index (Phi) is 4.69. The zero-order chi connectivity index (χ0) is 12.8. The van der Waals surface area contributed by atoms with Gasteiger partial charge in [0.05, 0.1) is 6.10 Å². The topological polar surface area (TPSA) is 51.2 Å². The molecule has 0 bridgehead atoms. The van der Waals surface area contributed by atoms with E-state index in [0.717, 1.165) is 0 Å². The Balaban J connectivity index is 2.77. The number of pyridine rings is 1. The van der Waals surface area contributed by atoms with Crippen LogP contribution in [0.2, 0.25) is 0 Å². The van der Waals surface area contributed by atoms with Gasteiger partial charge in [-0.3, -0.25) is 4.79 Å². The van der Waals surface area contributed by atoms with E-state index in [1.807, 2.05) is 20.8 Å². The van der Waals surface area contributed by atoms with E-state index in [-0.39, 0.29) is 18.1 Å². The summed E-state index contributed by atoms with van der Waals surface area (Å²) in [6.45, 7) is 9.27. The van der Waals surface area contributed by atoms with Gasteiger partial charge in [0.15, 0.2) is 0 Å². The van der Waals surface area contributed by atoms with Crippen LogP contribution in [0.5, 0.6) is 5.88 Å². The molecule has 0 aromatic carbocycles. The number of amides is 1. The van der Waals surface area contributed by atoms with Gasteiger partial charge in [-0.25, -0.2) is 4.98 Å². The van der Waals surface area contributed by atoms with E-state index in [0.29, 0.717) is 11.6 Å². The third-order valence-corrected chi connectivity index (χ3v) is 2.02. The van der Waals surface area contributed by atoms with Crippen LogP contribution in [0.25, 0.3) is 0 Å². The molecule has 0 aliphatic heterocycles. The van der Waals surface area contributed by atoms with Crippen LogP contribution < -0.4 is 10.1 Å². The minimum absolute atomic E-state index is 0.0351. The Bertz CT molecular complexity index is 402. The number of hydrogen-bond donors (Lipinski definition) is 1. The summed E-state index contributed by atoms with van der Waals surface area (Å²) in [6.07, 6.45) is 1.69. The maximum atomic E-state index is 11.8. The standard InChI is InChI=1S/C13H18N2O2/c1-5-10(4)14-13(16)11-7-6-8-12(15-11)17-9(2)3/h5-10H,1H2,2-4H3,(H,14,16). The maximum absolute atomic E-state index is 11.8. The molecule has 1 N–H and O–H groups in total. The lowest BCUT2D eigenvalue weighted by Gasteiger charge is -2.11. The third-order valence-electron chi connectivity index (χ3n) is 2.02. The van der Waals surface area contributed by atoms with Crippen LogP contribution in [0.4, 0.5) is 0 Å². The van der Waals surface area contributed by atoms with Crippen molar-refractivity contribution in [1.82, 2.24) is 10.3 Å². The molecule has 1 amide bonds. The maximum Gasteiger partial charge on any atom is 0.270 e. The molecule has 0 radical (unpaired) electrons. The summed E-state index contributed by atoms with van der Waals surface area (Å²) in [5.41, 5.74) is 0.344. The smallest absolute Gasteiger partial charge is 0.270 e. The average Bonchev–Trinajstić information content (AvgIpc) is 2.28. The van der Waals surface area contributed by atoms with Gasteiger partial charge >= 0.3 is 0 Å². The molecule has 0 saturated heterocycles. The van der Waals surface area contributed by atoms with Gasteiger partial charge in [-0.2, -0.15) is 0 Å². The molecule has 0 aliphatic rings. The number of carbonyl (C=O) groups excluding carboxylic acids is 1. The van der Waals surface area contributed by atoms with Crippen LogP contribution in [0.15, 0.2) is 30.9 Å². The lowest BCUT2D eigenvalue weighted by atomic mass is 10.3. The van der Waals surface area contributed by atoms with E-state index >= 15 is 0 Å². The van der Waals surface area contributed by atoms with Crippen LogP contribution in [0, 0.1) is 0 Å². The van der Waals surface area contributed by atoms with Crippen LogP contribution in [0.1, 0.15) is 31.3 Å². The molecule has 0 fully saturated rings. The minimum atomic E-state index is -0.230. The fourth-order valence-corrected chi connectivity index (χ4v) is 1.19. The predicted molar refractivity (Wildman–Crippen MR) is 67.1 cm³/mol. The first kappa shape index (κ1) is 13.2. The van der Waals surface area contributed by atoms with Crippen LogP contribution in [-0.2, 0) is 0 Å². The highest BCUT2D eigenvalue weighted by Gasteiger charge is 2.10. The van der Waals surface area contributed by atoms with E-state index in [2.05, 4.69) is 16.9 Å². The van der Waals surface area contributed by atoms with Crippen molar-refractivity contribution >= 4 is 5.91 Å². The van der Waals surface area contributed by atoms with Crippen molar-refractivity contribution in [2.45, 2.75) is 32.9 Å². The van der Waals surface area contributed by atoms with Crippen molar-refractivity contribution in [3.05, 3.63) is 36.5 Å². The molecular formula is C13H18N2O2. The molecule has 1 heterocycles. The lowest BCUT2D eigenvalue weighted by Crippen LogP contribution is -2.31. The van der Waals surface area contributed by atoms with Crippen LogP contribution >= 0.6 is 0 Å². The first-order chi connectivity index (χ1) is 8.02. The molecule has 0 saturated carbocycles. The number of hydrogen-bond acceptors (Lipinski definition) is 3. The molecule has 1 atom stereocenters. The SMILES string of the molecule is C=CC(C)NC(=O)c1cccc(OC(C)C)n1. The zero-order valence-corrected chi connectivity index (χ0v) is 10.4. The van der Waals surface area contributed by atoms with Gasteiger partial charge in [-0.15, -0.1) is 6.58 Å². The molecule has 4 heteroatoms. The number of carbonyl (C=O) groups is 1. The van der Waals surface area contributed by atoms with Crippen molar-refractivity contribution in [2.75, 3.05) is 0 Å². The third kappa shape index (κ3) is 4.26. The second kappa shape index (κ2) is 6.03. The van der Waals surface area contributed by atoms with E-state index in [1.165, 1.54) is 0 Å². The van der Waals surface area contributed by atoms with Gasteiger partial charge in [0.1, 0.15) is 5.69 Å². The Morgan fingerprint density at radius 3 is 2.76 bits per heavy atom. The minimum Gasteiger partial charge on any atom is -0.475 e. The molecule has 17 heavy (non-hydrogen) atoms. The second-order valence-corrected chi connectivity index (χ2v) is 4.03. The Morgan fingerprint density at radius 2 is 2.18 bits per heavy atom. The summed E-state index contributed by atoms with van der Waals surface area (Å²) < 4.78 is 5.43. The second-order valence-electron chi connectivity index (χ2n) is 4.03. The predicted octanol–water partition coefficient (Wildman–Crippen LogP) is 2.17. The summed E-state index contributed by atoms with van der Waals surface area (Å²) in [4.78, 5) is 15.9. The fourth-order valence-electron chi connectivity index (χ4n) is 1.19. The quantitative estimate of drug-likeness (QED) is 0.794. The number of rotatable bonds is 5. The summed E-state index contributed by atoms with van der Waals surface area (Å²) in [7, 11) is 0. The first-order valence-electron chi connectivity index (χ1n) is 5.60. The van der Waals surface area contributed by atoms with Gasteiger partial charge in [0, 0.05) is 12.1 Å². The number of nitrogens with zero attached hydrogens (tertiary/aromatic N) is 1. The molecule has 0 spiro atoms. The normalized spacial score (nSPS) is 12.0. The summed E-state index contributed by atoms with van der Waals surface area (Å²) in [5.74, 6) is 0.227. The van der Waals surface area contributed by atoms with Gasteiger partial charge < -0.3 is 10.1 Å². The molecule has 4 nitrogen and oxygen atoms in total. The average molecular weight is 234 g/mol. The van der Waals surface area contributed by atoms with Crippen molar-refractivity contribution in [3.8, 4) is 5.88 Å². The molecule has 1 aromatic heterocycles. The highest BCUT2D eigenvalue weighted by molar-refractivity contribution is 5.92. The fraction of sp³-hybridized carbons (Fsp3) is 0.385. The van der Waals surface area contributed by atoms with Gasteiger partial charge in [0.25, 0.3) is 5.91 Å². The van der Waals surface area contributed by atoms with E-state index < -0.39 is 0 Å². The molecule has 1 rings (SSSR count). The van der Waals surface area contributed by atoms with E-state index in [1.54, 1.807) is 24.3 Å². The van der Waals surface area contributed by atoms with Crippen molar-refractivity contribution in [2.24, 2.45) is 0 Å². The monoisotopic (exact) mass is 234 g/mol. The van der Waals surface area contributed by atoms with Gasteiger partial charge in [0.2, 0.25) is 5.88 Å². The van der Waals surface area contributed by atoms with Gasteiger partial charge in [-0.1, -0.05) is 12.1 Å². The Morgan fingerprint density at radius 1 is 1.47 bits per heavy atom. The largest absolute Gasteiger partial charge is 0.475 e. The summed E-state index contributed by atoms with van der Waals surface area (Å²) in [5, 5.41) is 2.75. The van der Waals surface area contributed by atoms with Gasteiger partial charge in [-0.05, 0) is 26.8 Å². The van der Waals surface area contributed by atoms with Crippen molar-refractivity contribution in [1.29, 1.82) is 0 Å².